The quantitative estimate of drug-likeness (QED) is 0.0334. The maximum absolute atomic E-state index is 14.1. The molecule has 2 amide bonds. The number of unbranched alkanes of at least 4 members (excludes halogenated alkanes) is 4. The average molecular weight is 1300 g/mol. The van der Waals surface area contributed by atoms with E-state index in [2.05, 4.69) is 23.3 Å². The van der Waals surface area contributed by atoms with Crippen LogP contribution in [0.5, 0.6) is 0 Å². The maximum atomic E-state index is 14.1. The largest absolute Gasteiger partial charge is 0.481 e. The van der Waals surface area contributed by atoms with Crippen LogP contribution in [0.15, 0.2) is 60.7 Å². The number of Topliss-reactive ketones (excluding diaryl/α,β-unsaturated/α-hetero) is 3. The average Bonchev–Trinajstić information content (AvgIpc) is 1.74. The molecule has 0 heterocycles. The van der Waals surface area contributed by atoms with Gasteiger partial charge in [-0.15, -0.1) is 0 Å². The van der Waals surface area contributed by atoms with Gasteiger partial charge in [-0.25, -0.2) is 0 Å². The van der Waals surface area contributed by atoms with Gasteiger partial charge >= 0.3 is 17.9 Å². The van der Waals surface area contributed by atoms with E-state index in [9.17, 15) is 48.6 Å². The first kappa shape index (κ1) is 80.8. The molecule has 2 aromatic rings. The molecule has 0 spiro atoms. The number of hydrogen-bond acceptors (Lipinski definition) is 20. The van der Waals surface area contributed by atoms with Crippen molar-refractivity contribution in [1.82, 2.24) is 10.6 Å². The molecule has 0 radical (unpaired) electrons. The second-order valence-corrected chi connectivity index (χ2v) is 21.7. The van der Waals surface area contributed by atoms with Crippen molar-refractivity contribution in [3.63, 3.8) is 0 Å². The topological polar surface area (TPSA) is 323 Å². The fourth-order valence-corrected chi connectivity index (χ4v) is 9.09. The van der Waals surface area contributed by atoms with Gasteiger partial charge < -0.3 is 78.1 Å². The van der Waals surface area contributed by atoms with Crippen LogP contribution in [0.2, 0.25) is 0 Å². The van der Waals surface area contributed by atoms with Gasteiger partial charge in [0, 0.05) is 69.8 Å². The third kappa shape index (κ3) is 46.7. The van der Waals surface area contributed by atoms with Crippen molar-refractivity contribution in [3.8, 4) is 0 Å². The molecule has 510 valence electrons. The summed E-state index contributed by atoms with van der Waals surface area (Å²) in [5.74, 6) is -7.82. The highest BCUT2D eigenvalue weighted by atomic mass is 32.1. The summed E-state index contributed by atoms with van der Waals surface area (Å²) in [6.07, 6.45) is 3.17. The van der Waals surface area contributed by atoms with Crippen LogP contribution in [-0.4, -0.2) is 226 Å². The predicted molar refractivity (Wildman–Crippen MR) is 336 cm³/mol. The number of carbonyl (C=O) groups excluding carboxylic acids is 5. The lowest BCUT2D eigenvalue weighted by atomic mass is 9.90. The van der Waals surface area contributed by atoms with Crippen molar-refractivity contribution in [2.45, 2.75) is 115 Å². The van der Waals surface area contributed by atoms with E-state index in [4.69, 9.17) is 57.2 Å². The molecule has 25 heteroatoms. The van der Waals surface area contributed by atoms with Gasteiger partial charge in [0.05, 0.1) is 157 Å². The van der Waals surface area contributed by atoms with Gasteiger partial charge in [-0.1, -0.05) is 79.9 Å². The normalized spacial score (nSPS) is 12.7. The number of carboxylic acids is 3. The van der Waals surface area contributed by atoms with E-state index in [0.717, 1.165) is 30.4 Å². The van der Waals surface area contributed by atoms with Crippen LogP contribution in [-0.2, 0) is 103 Å². The lowest BCUT2D eigenvalue weighted by Crippen LogP contribution is -2.46. The molecule has 24 nitrogen and oxygen atoms in total. The van der Waals surface area contributed by atoms with Crippen LogP contribution in [0, 0.1) is 17.8 Å². The third-order valence-corrected chi connectivity index (χ3v) is 14.0. The molecule has 0 unspecified atom stereocenters. The number of hydrogen-bond donors (Lipinski definition) is 6. The van der Waals surface area contributed by atoms with E-state index in [1.54, 1.807) is 0 Å². The molecule has 0 aromatic heterocycles. The smallest absolute Gasteiger partial charge is 0.306 e. The van der Waals surface area contributed by atoms with Gasteiger partial charge in [0.2, 0.25) is 11.8 Å². The number of ether oxygens (including phenoxy) is 11. The van der Waals surface area contributed by atoms with E-state index < -0.39 is 66.7 Å². The van der Waals surface area contributed by atoms with Gasteiger partial charge in [-0.2, -0.15) is 12.6 Å². The summed E-state index contributed by atoms with van der Waals surface area (Å²) in [5, 5.41) is 33.6. The van der Waals surface area contributed by atoms with Gasteiger partial charge in [-0.05, 0) is 56.1 Å². The molecule has 4 atom stereocenters. The van der Waals surface area contributed by atoms with E-state index >= 15 is 0 Å². The van der Waals surface area contributed by atoms with Crippen LogP contribution in [0.4, 0.5) is 0 Å². The van der Waals surface area contributed by atoms with E-state index in [1.807, 2.05) is 60.7 Å². The lowest BCUT2D eigenvalue weighted by Gasteiger charge is -2.22. The van der Waals surface area contributed by atoms with Crippen molar-refractivity contribution in [2.24, 2.45) is 17.8 Å². The molecule has 0 aliphatic carbocycles. The monoisotopic (exact) mass is 1290 g/mol. The van der Waals surface area contributed by atoms with Crippen molar-refractivity contribution in [2.75, 3.05) is 158 Å². The Morgan fingerprint density at radius 3 is 1.19 bits per heavy atom. The van der Waals surface area contributed by atoms with Crippen molar-refractivity contribution in [3.05, 3.63) is 71.8 Å². The number of thiol groups is 1. The molecule has 5 N–H and O–H groups in total. The summed E-state index contributed by atoms with van der Waals surface area (Å²) >= 11 is 4.08. The molecule has 0 saturated heterocycles. The Morgan fingerprint density at radius 2 is 0.767 bits per heavy atom. The summed E-state index contributed by atoms with van der Waals surface area (Å²) in [6, 6.07) is 18.1. The van der Waals surface area contributed by atoms with Crippen molar-refractivity contribution >= 4 is 59.7 Å². The highest BCUT2D eigenvalue weighted by Gasteiger charge is 2.29. The fraction of sp³-hybridized carbons (Fsp3) is 0.692. The first-order chi connectivity index (χ1) is 43.8. The van der Waals surface area contributed by atoms with Gasteiger partial charge in [0.25, 0.3) is 0 Å². The van der Waals surface area contributed by atoms with Gasteiger partial charge in [0.15, 0.2) is 5.78 Å². The molecule has 90 heavy (non-hydrogen) atoms. The van der Waals surface area contributed by atoms with E-state index in [1.165, 1.54) is 0 Å². The number of amides is 2. The number of rotatable bonds is 65. The predicted octanol–water partition coefficient (Wildman–Crippen LogP) is 5.85. The Labute approximate surface area is 536 Å². The number of carbonyl (C=O) groups is 8. The molecular formula is C65H102N2O22S. The third-order valence-electron chi connectivity index (χ3n) is 13.9. The number of nitrogens with one attached hydrogen (secondary N) is 2. The molecule has 0 bridgehead atoms. The Kier molecular flexibility index (Phi) is 50.7. The molecule has 0 aliphatic heterocycles. The second kappa shape index (κ2) is 56.5. The SMILES string of the molecule is O=C(O)CC[C@H](CC(=O)C[C@@H](CCC(=O)NCCCCCCCC(=O)C[C@@H](Cc1ccccc1)C(=O)N[C@@H](Cc1ccccc1)C(=O)CCCOCCOCCOCCOCCOCCOCCOCCOCCOCCOCCOCCS)C(=O)O)C(=O)O. The molecule has 2 rings (SSSR count). The van der Waals surface area contributed by atoms with Crippen LogP contribution in [0.1, 0.15) is 107 Å². The zero-order valence-corrected chi connectivity index (χ0v) is 53.5. The summed E-state index contributed by atoms with van der Waals surface area (Å²) in [6.45, 7) is 10.4. The minimum absolute atomic E-state index is 0.0124. The van der Waals surface area contributed by atoms with E-state index in [-0.39, 0.29) is 61.9 Å². The zero-order valence-electron chi connectivity index (χ0n) is 52.6. The maximum Gasteiger partial charge on any atom is 0.306 e. The van der Waals surface area contributed by atoms with Crippen LogP contribution >= 0.6 is 12.6 Å². The lowest BCUT2D eigenvalue weighted by molar-refractivity contribution is -0.146. The molecule has 0 aliphatic rings. The summed E-state index contributed by atoms with van der Waals surface area (Å²) in [5.41, 5.74) is 1.78. The minimum Gasteiger partial charge on any atom is -0.481 e. The van der Waals surface area contributed by atoms with Crippen LogP contribution in [0.3, 0.4) is 0 Å². The first-order valence-electron chi connectivity index (χ1n) is 31.6. The molecule has 0 saturated carbocycles. The number of aliphatic carboxylic acids is 3. The number of benzene rings is 2. The van der Waals surface area contributed by atoms with Crippen LogP contribution < -0.4 is 10.6 Å². The highest BCUT2D eigenvalue weighted by Crippen LogP contribution is 2.20. The van der Waals surface area contributed by atoms with Crippen LogP contribution in [0.25, 0.3) is 0 Å². The Bertz CT molecular complexity index is 2200. The number of ketones is 3. The minimum atomic E-state index is -1.33. The Morgan fingerprint density at radius 1 is 0.389 bits per heavy atom. The fourth-order valence-electron chi connectivity index (χ4n) is 8.96. The summed E-state index contributed by atoms with van der Waals surface area (Å²) in [4.78, 5) is 100. The molecule has 2 aromatic carbocycles. The highest BCUT2D eigenvalue weighted by molar-refractivity contribution is 7.80. The zero-order chi connectivity index (χ0) is 65.3. The first-order valence-corrected chi connectivity index (χ1v) is 32.3. The van der Waals surface area contributed by atoms with Gasteiger partial charge in [-0.3, -0.25) is 38.4 Å². The van der Waals surface area contributed by atoms with Crippen molar-refractivity contribution in [1.29, 1.82) is 0 Å². The summed E-state index contributed by atoms with van der Waals surface area (Å²) < 4.78 is 60.6. The van der Waals surface area contributed by atoms with Gasteiger partial charge in [0.1, 0.15) is 11.6 Å². The standard InChI is InChI=1S/C65H102N2O22S/c68-57(17-10-2-1-3-11-23-66-61(71)21-19-54(64(75)76)49-58(69)50-55(65(77)78)20-22-62(72)73)51-56(47-52-13-6-4-7-14-52)63(74)67-59(48-53-15-8-5-9-16-53)60(70)18-12-24-79-25-26-80-27-28-81-29-30-82-31-32-83-33-34-84-35-36-85-37-38-86-39-40-87-41-42-88-43-44-89-45-46-90/h4-9,13-16,54-56,59,90H,1-3,10-12,17-51H2,(H,66,71)(H,67,74)(H,72,73)(H,75,76)(H,77,78)/t54-,55-,56-,59+/m1/s1. The van der Waals surface area contributed by atoms with Crippen molar-refractivity contribution < 1.29 is 106 Å². The number of carboxylic acid groups (broad SMARTS) is 3. The summed E-state index contributed by atoms with van der Waals surface area (Å²) in [7, 11) is 0. The van der Waals surface area contributed by atoms with E-state index in [0.29, 0.717) is 190 Å². The Balaban J connectivity index is 1.57. The Hall–Kier alpha value is -5.29. The molecule has 0 fully saturated rings. The second-order valence-electron chi connectivity index (χ2n) is 21.3. The molecular weight excluding hydrogens is 1190 g/mol.